The van der Waals surface area contributed by atoms with E-state index in [2.05, 4.69) is 181 Å². The average molecular weight is 716 g/mol. The molecule has 0 fully saturated rings. The highest BCUT2D eigenvalue weighted by Crippen LogP contribution is 2.46. The smallest absolute Gasteiger partial charge is 0.0554 e. The molecule has 3 heterocycles. The second-order valence-electron chi connectivity index (χ2n) is 13.3. The second-order valence-corrected chi connectivity index (χ2v) is 16.6. The molecule has 0 aliphatic rings. The van der Waals surface area contributed by atoms with Gasteiger partial charge in [-0.3, -0.25) is 0 Å². The van der Waals surface area contributed by atoms with Crippen molar-refractivity contribution in [3.63, 3.8) is 0 Å². The van der Waals surface area contributed by atoms with E-state index < -0.39 is 0 Å². The molecule has 0 bridgehead atoms. The van der Waals surface area contributed by atoms with Gasteiger partial charge in [-0.1, -0.05) is 109 Å². The lowest BCUT2D eigenvalue weighted by molar-refractivity contribution is 1.30. The first kappa shape index (κ1) is 29.9. The first-order valence-electron chi connectivity index (χ1n) is 17.5. The van der Waals surface area contributed by atoms with Crippen LogP contribution in [0.2, 0.25) is 0 Å². The molecule has 0 saturated heterocycles. The zero-order chi connectivity index (χ0) is 34.2. The average Bonchev–Trinajstić information content (AvgIpc) is 3.89. The van der Waals surface area contributed by atoms with E-state index in [1.165, 1.54) is 88.5 Å². The van der Waals surface area contributed by atoms with Gasteiger partial charge in [-0.15, -0.1) is 34.0 Å². The van der Waals surface area contributed by atoms with Crippen molar-refractivity contribution in [2.75, 3.05) is 4.90 Å². The topological polar surface area (TPSA) is 3.24 Å². The Labute approximate surface area is 312 Å². The SMILES string of the molecule is c1cc(-c2ccc3c(c2)sc2ccccc23)cc(N(c2ccc(-c3ccc4c(c3)sc3ccccc34)cc2)c2cccc3sc4ccccc4c23)c1. The van der Waals surface area contributed by atoms with Crippen molar-refractivity contribution in [2.24, 2.45) is 0 Å². The van der Waals surface area contributed by atoms with Gasteiger partial charge in [0, 0.05) is 71.9 Å². The van der Waals surface area contributed by atoms with E-state index in [1.54, 1.807) is 0 Å². The lowest BCUT2D eigenvalue weighted by Crippen LogP contribution is -2.10. The van der Waals surface area contributed by atoms with Crippen molar-refractivity contribution < 1.29 is 0 Å². The van der Waals surface area contributed by atoms with Crippen LogP contribution in [0.3, 0.4) is 0 Å². The van der Waals surface area contributed by atoms with Crippen LogP contribution in [0, 0.1) is 0 Å². The molecule has 4 heteroatoms. The minimum absolute atomic E-state index is 1.13. The molecular weight excluding hydrogens is 687 g/mol. The largest absolute Gasteiger partial charge is 0.310 e. The molecule has 0 radical (unpaired) electrons. The summed E-state index contributed by atoms with van der Waals surface area (Å²) in [6.45, 7) is 0. The van der Waals surface area contributed by atoms with Crippen LogP contribution in [-0.4, -0.2) is 0 Å². The fraction of sp³-hybridized carbons (Fsp3) is 0. The van der Waals surface area contributed by atoms with E-state index in [9.17, 15) is 0 Å². The van der Waals surface area contributed by atoms with Crippen LogP contribution in [0.15, 0.2) is 176 Å². The van der Waals surface area contributed by atoms with Gasteiger partial charge in [0.1, 0.15) is 0 Å². The van der Waals surface area contributed by atoms with Gasteiger partial charge >= 0.3 is 0 Å². The third-order valence-electron chi connectivity index (χ3n) is 10.3. The number of rotatable bonds is 5. The summed E-state index contributed by atoms with van der Waals surface area (Å²) in [4.78, 5) is 2.45. The van der Waals surface area contributed by atoms with Gasteiger partial charge in [-0.05, 0) is 89.0 Å². The maximum atomic E-state index is 2.45. The summed E-state index contributed by atoms with van der Waals surface area (Å²) < 4.78 is 7.91. The van der Waals surface area contributed by atoms with E-state index in [-0.39, 0.29) is 0 Å². The molecule has 0 saturated carbocycles. The molecule has 11 rings (SSSR count). The van der Waals surface area contributed by atoms with Gasteiger partial charge in [0.2, 0.25) is 0 Å². The Morgan fingerprint density at radius 2 is 0.769 bits per heavy atom. The minimum Gasteiger partial charge on any atom is -0.310 e. The van der Waals surface area contributed by atoms with Crippen LogP contribution < -0.4 is 4.90 Å². The number of fused-ring (bicyclic) bond motifs is 9. The van der Waals surface area contributed by atoms with Crippen LogP contribution in [0.25, 0.3) is 82.8 Å². The van der Waals surface area contributed by atoms with E-state index in [0.29, 0.717) is 0 Å². The molecule has 3 aromatic heterocycles. The predicted octanol–water partition coefficient (Wildman–Crippen LogP) is 15.6. The van der Waals surface area contributed by atoms with Crippen molar-refractivity contribution in [3.05, 3.63) is 176 Å². The highest BCUT2D eigenvalue weighted by atomic mass is 32.1. The van der Waals surface area contributed by atoms with Crippen LogP contribution in [0.1, 0.15) is 0 Å². The Bertz CT molecular complexity index is 3140. The number of hydrogen-bond donors (Lipinski definition) is 0. The number of benzene rings is 8. The lowest BCUT2D eigenvalue weighted by atomic mass is 10.0. The Kier molecular flexibility index (Phi) is 6.84. The molecule has 0 aliphatic heterocycles. The van der Waals surface area contributed by atoms with Gasteiger partial charge in [0.05, 0.1) is 5.69 Å². The number of thiophene rings is 3. The minimum atomic E-state index is 1.13. The van der Waals surface area contributed by atoms with Gasteiger partial charge in [-0.2, -0.15) is 0 Å². The van der Waals surface area contributed by atoms with Crippen LogP contribution >= 0.6 is 34.0 Å². The Morgan fingerprint density at radius 3 is 1.44 bits per heavy atom. The number of hydrogen-bond acceptors (Lipinski definition) is 4. The fourth-order valence-corrected chi connectivity index (χ4v) is 11.2. The molecule has 11 aromatic rings. The van der Waals surface area contributed by atoms with E-state index >= 15 is 0 Å². The summed E-state index contributed by atoms with van der Waals surface area (Å²) in [6.07, 6.45) is 0. The molecule has 1 nitrogen and oxygen atoms in total. The van der Waals surface area contributed by atoms with Crippen molar-refractivity contribution in [2.45, 2.75) is 0 Å². The first-order valence-corrected chi connectivity index (χ1v) is 19.9. The van der Waals surface area contributed by atoms with Crippen LogP contribution in [0.4, 0.5) is 17.1 Å². The molecule has 0 atom stereocenters. The molecule has 0 unspecified atom stereocenters. The molecule has 0 N–H and O–H groups in total. The first-order chi connectivity index (χ1) is 25.7. The summed E-state index contributed by atoms with van der Waals surface area (Å²) in [5.74, 6) is 0. The second kappa shape index (κ2) is 11.9. The zero-order valence-electron chi connectivity index (χ0n) is 27.9. The maximum Gasteiger partial charge on any atom is 0.0554 e. The highest BCUT2D eigenvalue weighted by molar-refractivity contribution is 7.26. The predicted molar refractivity (Wildman–Crippen MR) is 231 cm³/mol. The summed E-state index contributed by atoms with van der Waals surface area (Å²) >= 11 is 5.60. The van der Waals surface area contributed by atoms with Crippen LogP contribution in [-0.2, 0) is 0 Å². The van der Waals surface area contributed by atoms with Crippen molar-refractivity contribution >= 4 is 112 Å². The molecule has 244 valence electrons. The molecule has 52 heavy (non-hydrogen) atoms. The Hall–Kier alpha value is -5.78. The number of nitrogens with zero attached hydrogens (tertiary/aromatic N) is 1. The van der Waals surface area contributed by atoms with Crippen LogP contribution in [0.5, 0.6) is 0 Å². The summed E-state index contributed by atoms with van der Waals surface area (Å²) in [7, 11) is 0. The van der Waals surface area contributed by atoms with E-state index in [1.807, 2.05) is 34.0 Å². The molecule has 8 aromatic carbocycles. The Balaban J connectivity index is 1.06. The number of anilines is 3. The van der Waals surface area contributed by atoms with Gasteiger partial charge in [0.15, 0.2) is 0 Å². The summed E-state index contributed by atoms with van der Waals surface area (Å²) in [5.41, 5.74) is 8.34. The third-order valence-corrected chi connectivity index (χ3v) is 13.7. The van der Waals surface area contributed by atoms with Gasteiger partial charge < -0.3 is 4.90 Å². The van der Waals surface area contributed by atoms with Gasteiger partial charge in [-0.25, -0.2) is 0 Å². The summed E-state index contributed by atoms with van der Waals surface area (Å²) in [6, 6.07) is 65.0. The fourth-order valence-electron chi connectivity index (χ4n) is 7.81. The normalized spacial score (nSPS) is 11.8. The van der Waals surface area contributed by atoms with E-state index in [0.717, 1.165) is 11.4 Å². The quantitative estimate of drug-likeness (QED) is 0.171. The lowest BCUT2D eigenvalue weighted by Gasteiger charge is -2.27. The van der Waals surface area contributed by atoms with Gasteiger partial charge in [0.25, 0.3) is 0 Å². The third kappa shape index (κ3) is 4.80. The monoisotopic (exact) mass is 715 g/mol. The zero-order valence-corrected chi connectivity index (χ0v) is 30.4. The molecule has 0 aliphatic carbocycles. The Morgan fingerprint density at radius 1 is 0.288 bits per heavy atom. The highest BCUT2D eigenvalue weighted by Gasteiger charge is 2.19. The molecule has 0 spiro atoms. The molecule has 0 amide bonds. The standard InChI is InChI=1S/C48H29NS3/c1-4-15-42-36(11-1)38-25-21-32(28-46(38)51-42)30-19-23-34(24-20-30)49(41-14-8-18-45-48(41)40-13-3-6-17-44(40)50-45)35-10-7-9-31(27-35)33-22-26-39-37-12-2-5-16-43(37)52-47(39)29-33/h1-29H. The maximum absolute atomic E-state index is 2.45. The molecular formula is C48H29NS3. The van der Waals surface area contributed by atoms with E-state index in [4.69, 9.17) is 0 Å². The summed E-state index contributed by atoms with van der Waals surface area (Å²) in [5, 5.41) is 7.90. The van der Waals surface area contributed by atoms with Crippen molar-refractivity contribution in [1.29, 1.82) is 0 Å². The van der Waals surface area contributed by atoms with Crippen molar-refractivity contribution in [3.8, 4) is 22.3 Å². The van der Waals surface area contributed by atoms with Crippen molar-refractivity contribution in [1.82, 2.24) is 0 Å².